The van der Waals surface area contributed by atoms with Gasteiger partial charge in [0.25, 0.3) is 0 Å². The minimum absolute atomic E-state index is 0.0275. The van der Waals surface area contributed by atoms with Crippen molar-refractivity contribution in [3.05, 3.63) is 53.8 Å². The van der Waals surface area contributed by atoms with Gasteiger partial charge in [0.2, 0.25) is 0 Å². The predicted molar refractivity (Wildman–Crippen MR) is 101 cm³/mol. The van der Waals surface area contributed by atoms with Crippen molar-refractivity contribution in [1.29, 1.82) is 0 Å². The molecular formula is C18H19FN2OS2. The molecule has 0 aromatic heterocycles. The summed E-state index contributed by atoms with van der Waals surface area (Å²) in [4.78, 5) is 1.11. The van der Waals surface area contributed by atoms with Crippen molar-refractivity contribution >= 4 is 34.8 Å². The van der Waals surface area contributed by atoms with Crippen molar-refractivity contribution in [2.45, 2.75) is 24.3 Å². The molecule has 0 aliphatic carbocycles. The quantitative estimate of drug-likeness (QED) is 0.767. The number of halogens is 1. The molecule has 0 spiro atoms. The lowest BCUT2D eigenvalue weighted by Gasteiger charge is -2.27. The Morgan fingerprint density at radius 1 is 1.29 bits per heavy atom. The fourth-order valence-electron chi connectivity index (χ4n) is 2.64. The van der Waals surface area contributed by atoms with E-state index in [9.17, 15) is 4.39 Å². The largest absolute Gasteiger partial charge is 0.494 e. The summed E-state index contributed by atoms with van der Waals surface area (Å²) in [5, 5.41) is 7.00. The molecule has 2 aromatic carbocycles. The molecule has 0 fully saturated rings. The smallest absolute Gasteiger partial charge is 0.171 e. The number of thiocarbonyl (C=S) groups is 1. The maximum absolute atomic E-state index is 13.6. The van der Waals surface area contributed by atoms with E-state index in [1.165, 1.54) is 6.07 Å². The summed E-state index contributed by atoms with van der Waals surface area (Å²) in [6.45, 7) is 2.59. The normalized spacial score (nSPS) is 16.2. The molecule has 0 amide bonds. The molecular weight excluding hydrogens is 343 g/mol. The number of ether oxygens (including phenoxy) is 1. The summed E-state index contributed by atoms with van der Waals surface area (Å²) in [6.07, 6.45) is 0.909. The monoisotopic (exact) mass is 362 g/mol. The third-order valence-corrected chi connectivity index (χ3v) is 5.08. The van der Waals surface area contributed by atoms with Gasteiger partial charge in [-0.3, -0.25) is 0 Å². The SMILES string of the molecule is CCOc1ccc(NC(=S)N[C@@H]2CCSc3ccc(F)cc32)cc1. The maximum Gasteiger partial charge on any atom is 0.171 e. The molecule has 2 N–H and O–H groups in total. The van der Waals surface area contributed by atoms with Crippen LogP contribution in [0.5, 0.6) is 5.75 Å². The molecule has 0 bridgehead atoms. The van der Waals surface area contributed by atoms with E-state index in [1.54, 1.807) is 17.8 Å². The van der Waals surface area contributed by atoms with Gasteiger partial charge >= 0.3 is 0 Å². The van der Waals surface area contributed by atoms with Crippen molar-refractivity contribution in [2.24, 2.45) is 0 Å². The van der Waals surface area contributed by atoms with Crippen LogP contribution in [-0.4, -0.2) is 17.5 Å². The summed E-state index contributed by atoms with van der Waals surface area (Å²) in [5.74, 6) is 1.60. The first-order chi connectivity index (χ1) is 11.7. The van der Waals surface area contributed by atoms with E-state index in [2.05, 4.69) is 10.6 Å². The van der Waals surface area contributed by atoms with Gasteiger partial charge in [0.1, 0.15) is 11.6 Å². The maximum atomic E-state index is 13.6. The average Bonchev–Trinajstić information content (AvgIpc) is 2.57. The lowest BCUT2D eigenvalue weighted by molar-refractivity contribution is 0.340. The Kier molecular flexibility index (Phi) is 5.58. The number of hydrogen-bond acceptors (Lipinski definition) is 3. The number of anilines is 1. The van der Waals surface area contributed by atoms with Gasteiger partial charge in [-0.2, -0.15) is 0 Å². The van der Waals surface area contributed by atoms with Gasteiger partial charge in [-0.1, -0.05) is 0 Å². The first-order valence-corrected chi connectivity index (χ1v) is 9.27. The first kappa shape index (κ1) is 17.0. The third kappa shape index (κ3) is 4.19. The lowest BCUT2D eigenvalue weighted by Crippen LogP contribution is -2.34. The standard InChI is InChI=1S/C18H19FN2OS2/c1-2-22-14-6-4-13(5-7-14)20-18(23)21-16-9-10-24-17-8-3-12(19)11-15(16)17/h3-8,11,16H,2,9-10H2,1H3,(H2,20,21,23)/t16-/m1/s1. The Balaban J connectivity index is 1.64. The molecule has 2 aromatic rings. The highest BCUT2D eigenvalue weighted by Gasteiger charge is 2.21. The molecule has 1 atom stereocenters. The molecule has 0 saturated heterocycles. The zero-order chi connectivity index (χ0) is 16.9. The molecule has 3 nitrogen and oxygen atoms in total. The van der Waals surface area contributed by atoms with Gasteiger partial charge in [0, 0.05) is 16.3 Å². The van der Waals surface area contributed by atoms with Gasteiger partial charge in [-0.25, -0.2) is 4.39 Å². The van der Waals surface area contributed by atoms with Crippen molar-refractivity contribution in [3.8, 4) is 5.75 Å². The van der Waals surface area contributed by atoms with Crippen LogP contribution in [0.4, 0.5) is 10.1 Å². The minimum Gasteiger partial charge on any atom is -0.494 e. The third-order valence-electron chi connectivity index (χ3n) is 3.74. The Morgan fingerprint density at radius 2 is 2.08 bits per heavy atom. The molecule has 1 heterocycles. The zero-order valence-electron chi connectivity index (χ0n) is 13.3. The topological polar surface area (TPSA) is 33.3 Å². The fraction of sp³-hybridized carbons (Fsp3) is 0.278. The Morgan fingerprint density at radius 3 is 2.83 bits per heavy atom. The number of thioether (sulfide) groups is 1. The first-order valence-electron chi connectivity index (χ1n) is 7.88. The van der Waals surface area contributed by atoms with Crippen LogP contribution in [0.3, 0.4) is 0 Å². The van der Waals surface area contributed by atoms with Crippen LogP contribution in [0.25, 0.3) is 0 Å². The van der Waals surface area contributed by atoms with Crippen molar-refractivity contribution in [2.75, 3.05) is 17.7 Å². The van der Waals surface area contributed by atoms with E-state index in [0.29, 0.717) is 11.7 Å². The number of nitrogens with one attached hydrogen (secondary N) is 2. The molecule has 3 rings (SSSR count). The summed E-state index contributed by atoms with van der Waals surface area (Å²) in [6, 6.07) is 12.6. The predicted octanol–water partition coefficient (Wildman–Crippen LogP) is 4.75. The molecule has 1 aliphatic rings. The van der Waals surface area contributed by atoms with Crippen LogP contribution in [0, 0.1) is 5.82 Å². The van der Waals surface area contributed by atoms with E-state index in [0.717, 1.165) is 34.1 Å². The van der Waals surface area contributed by atoms with Crippen LogP contribution in [0.15, 0.2) is 47.4 Å². The molecule has 6 heteroatoms. The van der Waals surface area contributed by atoms with Gasteiger partial charge in [0.05, 0.1) is 12.6 Å². The molecule has 24 heavy (non-hydrogen) atoms. The van der Waals surface area contributed by atoms with E-state index in [1.807, 2.05) is 37.3 Å². The van der Waals surface area contributed by atoms with E-state index >= 15 is 0 Å². The average molecular weight is 362 g/mol. The van der Waals surface area contributed by atoms with Crippen LogP contribution in [-0.2, 0) is 0 Å². The highest BCUT2D eigenvalue weighted by atomic mass is 32.2. The number of fused-ring (bicyclic) bond motifs is 1. The molecule has 0 radical (unpaired) electrons. The van der Waals surface area contributed by atoms with Crippen molar-refractivity contribution in [1.82, 2.24) is 5.32 Å². The van der Waals surface area contributed by atoms with Crippen LogP contribution in [0.1, 0.15) is 24.9 Å². The minimum atomic E-state index is -0.214. The molecule has 0 saturated carbocycles. The highest BCUT2D eigenvalue weighted by Crippen LogP contribution is 2.36. The van der Waals surface area contributed by atoms with Gasteiger partial charge in [0.15, 0.2) is 5.11 Å². The van der Waals surface area contributed by atoms with E-state index in [-0.39, 0.29) is 11.9 Å². The van der Waals surface area contributed by atoms with Crippen molar-refractivity contribution in [3.63, 3.8) is 0 Å². The molecule has 126 valence electrons. The number of rotatable bonds is 4. The van der Waals surface area contributed by atoms with Gasteiger partial charge in [-0.05, 0) is 73.6 Å². The number of benzene rings is 2. The van der Waals surface area contributed by atoms with E-state index < -0.39 is 0 Å². The summed E-state index contributed by atoms with van der Waals surface area (Å²) >= 11 is 7.16. The summed E-state index contributed by atoms with van der Waals surface area (Å²) in [7, 11) is 0. The van der Waals surface area contributed by atoms with Gasteiger partial charge < -0.3 is 15.4 Å². The summed E-state index contributed by atoms with van der Waals surface area (Å²) < 4.78 is 19.0. The second kappa shape index (κ2) is 7.85. The van der Waals surface area contributed by atoms with Crippen LogP contribution in [0.2, 0.25) is 0 Å². The Labute approximate surface area is 151 Å². The Hall–Kier alpha value is -1.79. The Bertz CT molecular complexity index is 721. The fourth-order valence-corrected chi connectivity index (χ4v) is 4.01. The number of hydrogen-bond donors (Lipinski definition) is 2. The zero-order valence-corrected chi connectivity index (χ0v) is 15.0. The second-order valence-electron chi connectivity index (χ2n) is 5.43. The molecule has 1 aliphatic heterocycles. The highest BCUT2D eigenvalue weighted by molar-refractivity contribution is 7.99. The van der Waals surface area contributed by atoms with Gasteiger partial charge in [-0.15, -0.1) is 11.8 Å². The molecule has 0 unspecified atom stereocenters. The lowest BCUT2D eigenvalue weighted by atomic mass is 10.0. The summed E-state index contributed by atoms with van der Waals surface area (Å²) in [5.41, 5.74) is 1.86. The second-order valence-corrected chi connectivity index (χ2v) is 6.97. The van der Waals surface area contributed by atoms with E-state index in [4.69, 9.17) is 17.0 Å². The van der Waals surface area contributed by atoms with Crippen molar-refractivity contribution < 1.29 is 9.13 Å². The van der Waals surface area contributed by atoms with Crippen LogP contribution < -0.4 is 15.4 Å². The van der Waals surface area contributed by atoms with Crippen LogP contribution >= 0.6 is 24.0 Å².